The Labute approximate surface area is 131 Å². The van der Waals surface area contributed by atoms with Gasteiger partial charge < -0.3 is 4.74 Å². The van der Waals surface area contributed by atoms with Crippen molar-refractivity contribution in [3.63, 3.8) is 0 Å². The topological polar surface area (TPSA) is 51.2 Å². The number of rotatable bonds is 2. The molecule has 0 saturated carbocycles. The first-order valence-electron chi connectivity index (χ1n) is 6.86. The number of cyclic esters (lactones) is 1. The van der Waals surface area contributed by atoms with E-state index in [4.69, 9.17) is 4.74 Å². The fraction of sp³-hybridized carbons (Fsp3) is 0.0588. The molecule has 2 heterocycles. The van der Waals surface area contributed by atoms with Gasteiger partial charge in [0, 0.05) is 22.7 Å². The van der Waals surface area contributed by atoms with E-state index in [9.17, 15) is 4.79 Å². The number of anilines is 1. The van der Waals surface area contributed by atoms with Crippen LogP contribution in [0.25, 0.3) is 21.7 Å². The van der Waals surface area contributed by atoms with Gasteiger partial charge in [0.1, 0.15) is 11.6 Å². The summed E-state index contributed by atoms with van der Waals surface area (Å²) in [5, 5.41) is 5.69. The van der Waals surface area contributed by atoms with Crippen LogP contribution in [0.1, 0.15) is 5.56 Å². The summed E-state index contributed by atoms with van der Waals surface area (Å²) in [6, 6.07) is 14.3. The number of hydrogen-bond acceptors (Lipinski definition) is 4. The number of carbonyl (C=O) groups excluding carboxylic acids is 1. The SMILES string of the molecule is O=C1Nc2ccc(-c3cccc(-c4nccs4)c3)cc2CO1. The number of hydrogen-bond donors (Lipinski definition) is 1. The van der Waals surface area contributed by atoms with Crippen LogP contribution in [0.15, 0.2) is 54.0 Å². The Bertz CT molecular complexity index is 844. The molecule has 4 nitrogen and oxygen atoms in total. The van der Waals surface area contributed by atoms with E-state index in [1.165, 1.54) is 0 Å². The van der Waals surface area contributed by atoms with Gasteiger partial charge in [0.15, 0.2) is 0 Å². The van der Waals surface area contributed by atoms with Gasteiger partial charge in [0.25, 0.3) is 0 Å². The summed E-state index contributed by atoms with van der Waals surface area (Å²) in [4.78, 5) is 15.6. The third-order valence-electron chi connectivity index (χ3n) is 3.58. The minimum absolute atomic E-state index is 0.307. The second-order valence-corrected chi connectivity index (χ2v) is 5.89. The van der Waals surface area contributed by atoms with Crippen molar-refractivity contribution in [3.8, 4) is 21.7 Å². The molecule has 0 unspecified atom stereocenters. The molecule has 0 spiro atoms. The first-order valence-corrected chi connectivity index (χ1v) is 7.74. The number of fused-ring (bicyclic) bond motifs is 1. The molecule has 1 aromatic heterocycles. The van der Waals surface area contributed by atoms with Crippen LogP contribution in [0, 0.1) is 0 Å². The van der Waals surface area contributed by atoms with Gasteiger partial charge in [-0.05, 0) is 29.3 Å². The van der Waals surface area contributed by atoms with Gasteiger partial charge >= 0.3 is 6.09 Å². The van der Waals surface area contributed by atoms with Crippen LogP contribution < -0.4 is 5.32 Å². The zero-order valence-electron chi connectivity index (χ0n) is 11.6. The first-order chi connectivity index (χ1) is 10.8. The summed E-state index contributed by atoms with van der Waals surface area (Å²) in [5.41, 5.74) is 5.12. The summed E-state index contributed by atoms with van der Waals surface area (Å²) in [6.45, 7) is 0.307. The molecule has 1 aliphatic heterocycles. The molecule has 0 atom stereocenters. The van der Waals surface area contributed by atoms with Crippen molar-refractivity contribution in [2.24, 2.45) is 0 Å². The molecule has 1 N–H and O–H groups in total. The molecule has 3 aromatic rings. The molecule has 2 aromatic carbocycles. The highest BCUT2D eigenvalue weighted by molar-refractivity contribution is 7.13. The van der Waals surface area contributed by atoms with Crippen LogP contribution in [0.5, 0.6) is 0 Å². The highest BCUT2D eigenvalue weighted by Crippen LogP contribution is 2.31. The number of nitrogens with one attached hydrogen (secondary N) is 1. The van der Waals surface area contributed by atoms with Crippen molar-refractivity contribution in [1.82, 2.24) is 4.98 Å². The quantitative estimate of drug-likeness (QED) is 0.756. The van der Waals surface area contributed by atoms with Crippen LogP contribution in [0.4, 0.5) is 10.5 Å². The van der Waals surface area contributed by atoms with Crippen LogP contribution in [0.2, 0.25) is 0 Å². The molecule has 4 rings (SSSR count). The lowest BCUT2D eigenvalue weighted by molar-refractivity contribution is 0.151. The standard InChI is InChI=1S/C17H12N2O2S/c20-17-19-15-5-4-12(9-14(15)10-21-17)11-2-1-3-13(8-11)16-18-6-7-22-16/h1-9H,10H2,(H,19,20). The molecular weight excluding hydrogens is 296 g/mol. The molecule has 0 aliphatic carbocycles. The summed E-state index contributed by atoms with van der Waals surface area (Å²) in [7, 11) is 0. The van der Waals surface area contributed by atoms with E-state index >= 15 is 0 Å². The average Bonchev–Trinajstić information content (AvgIpc) is 3.09. The van der Waals surface area contributed by atoms with E-state index in [2.05, 4.69) is 34.6 Å². The van der Waals surface area contributed by atoms with Gasteiger partial charge in [-0.15, -0.1) is 11.3 Å². The molecule has 22 heavy (non-hydrogen) atoms. The number of ether oxygens (including phenoxy) is 1. The largest absolute Gasteiger partial charge is 0.444 e. The lowest BCUT2D eigenvalue weighted by atomic mass is 10.00. The van der Waals surface area contributed by atoms with Crippen molar-refractivity contribution in [3.05, 3.63) is 59.6 Å². The lowest BCUT2D eigenvalue weighted by Crippen LogP contribution is -2.20. The van der Waals surface area contributed by atoms with Crippen LogP contribution in [-0.4, -0.2) is 11.1 Å². The van der Waals surface area contributed by atoms with E-state index in [0.717, 1.165) is 32.9 Å². The van der Waals surface area contributed by atoms with Crippen molar-refractivity contribution >= 4 is 23.1 Å². The molecule has 0 fully saturated rings. The Balaban J connectivity index is 1.73. The maximum atomic E-state index is 11.2. The van der Waals surface area contributed by atoms with Gasteiger partial charge in [-0.3, -0.25) is 5.32 Å². The van der Waals surface area contributed by atoms with Crippen LogP contribution >= 0.6 is 11.3 Å². The fourth-order valence-corrected chi connectivity index (χ4v) is 3.14. The molecule has 0 bridgehead atoms. The smallest absolute Gasteiger partial charge is 0.411 e. The third kappa shape index (κ3) is 2.35. The molecule has 1 aliphatic rings. The van der Waals surface area contributed by atoms with Crippen molar-refractivity contribution in [2.75, 3.05) is 5.32 Å². The van der Waals surface area contributed by atoms with Crippen LogP contribution in [0.3, 0.4) is 0 Å². The number of thiazole rings is 1. The second-order valence-electron chi connectivity index (χ2n) is 4.99. The molecule has 5 heteroatoms. The molecule has 0 radical (unpaired) electrons. The Kier molecular flexibility index (Phi) is 3.12. The predicted molar refractivity (Wildman–Crippen MR) is 86.8 cm³/mol. The van der Waals surface area contributed by atoms with Gasteiger partial charge in [0.05, 0.1) is 5.69 Å². The van der Waals surface area contributed by atoms with Gasteiger partial charge in [-0.2, -0.15) is 0 Å². The van der Waals surface area contributed by atoms with E-state index in [0.29, 0.717) is 6.61 Å². The normalized spacial score (nSPS) is 13.2. The number of carbonyl (C=O) groups is 1. The maximum absolute atomic E-state index is 11.2. The van der Waals surface area contributed by atoms with Gasteiger partial charge in [-0.1, -0.05) is 24.3 Å². The first kappa shape index (κ1) is 13.0. The van der Waals surface area contributed by atoms with Gasteiger partial charge in [-0.25, -0.2) is 9.78 Å². The number of amides is 1. The Hall–Kier alpha value is -2.66. The zero-order valence-corrected chi connectivity index (χ0v) is 12.4. The molecule has 1 amide bonds. The van der Waals surface area contributed by atoms with Crippen molar-refractivity contribution in [2.45, 2.75) is 6.61 Å². The summed E-state index contributed by atoms with van der Waals surface area (Å²) >= 11 is 1.62. The average molecular weight is 308 g/mol. The molecule has 108 valence electrons. The monoisotopic (exact) mass is 308 g/mol. The highest BCUT2D eigenvalue weighted by atomic mass is 32.1. The van der Waals surface area contributed by atoms with Crippen LogP contribution in [-0.2, 0) is 11.3 Å². The van der Waals surface area contributed by atoms with Crippen molar-refractivity contribution < 1.29 is 9.53 Å². The van der Waals surface area contributed by atoms with Gasteiger partial charge in [0.2, 0.25) is 0 Å². The molecular formula is C17H12N2O2S. The Morgan fingerprint density at radius 3 is 2.82 bits per heavy atom. The van der Waals surface area contributed by atoms with E-state index in [1.807, 2.05) is 29.8 Å². The molecule has 0 saturated heterocycles. The fourth-order valence-electron chi connectivity index (χ4n) is 2.50. The van der Waals surface area contributed by atoms with E-state index < -0.39 is 6.09 Å². The number of nitrogens with zero attached hydrogens (tertiary/aromatic N) is 1. The zero-order chi connectivity index (χ0) is 14.9. The predicted octanol–water partition coefficient (Wildman–Crippen LogP) is 4.54. The van der Waals surface area contributed by atoms with E-state index in [-0.39, 0.29) is 0 Å². The minimum atomic E-state index is -0.397. The number of aromatic nitrogens is 1. The lowest BCUT2D eigenvalue weighted by Gasteiger charge is -2.18. The number of benzene rings is 2. The van der Waals surface area contributed by atoms with E-state index in [1.54, 1.807) is 11.3 Å². The maximum Gasteiger partial charge on any atom is 0.411 e. The highest BCUT2D eigenvalue weighted by Gasteiger charge is 2.16. The summed E-state index contributed by atoms with van der Waals surface area (Å²) in [5.74, 6) is 0. The Morgan fingerprint density at radius 2 is 1.95 bits per heavy atom. The van der Waals surface area contributed by atoms with Crippen molar-refractivity contribution in [1.29, 1.82) is 0 Å². The second kappa shape index (κ2) is 5.27. The Morgan fingerprint density at radius 1 is 1.09 bits per heavy atom. The third-order valence-corrected chi connectivity index (χ3v) is 4.40. The summed E-state index contributed by atoms with van der Waals surface area (Å²) < 4.78 is 5.02. The minimum Gasteiger partial charge on any atom is -0.444 e. The summed E-state index contributed by atoms with van der Waals surface area (Å²) in [6.07, 6.45) is 1.41.